The largest absolute Gasteiger partial charge is 0.321 e. The van der Waals surface area contributed by atoms with Gasteiger partial charge in [-0.1, -0.05) is 12.1 Å². The zero-order valence-electron chi connectivity index (χ0n) is 13.2. The van der Waals surface area contributed by atoms with Gasteiger partial charge in [-0.25, -0.2) is 8.42 Å². The third kappa shape index (κ3) is 3.97. The molecule has 0 saturated carbocycles. The Bertz CT molecular complexity index is 910. The molecule has 8 heteroatoms. The van der Waals surface area contributed by atoms with Crippen LogP contribution < -0.4 is 5.32 Å². The van der Waals surface area contributed by atoms with Gasteiger partial charge in [0.05, 0.1) is 16.1 Å². The summed E-state index contributed by atoms with van der Waals surface area (Å²) in [7, 11) is -3.57. The smallest absolute Gasteiger partial charge is 0.256 e. The molecule has 1 aliphatic heterocycles. The minimum absolute atomic E-state index is 0.134. The molecule has 132 valence electrons. The van der Waals surface area contributed by atoms with E-state index in [1.165, 1.54) is 16.4 Å². The van der Waals surface area contributed by atoms with Gasteiger partial charge in [0.2, 0.25) is 10.0 Å². The van der Waals surface area contributed by atoms with Gasteiger partial charge in [-0.05, 0) is 75.0 Å². The molecule has 1 saturated heterocycles. The summed E-state index contributed by atoms with van der Waals surface area (Å²) in [6.07, 6.45) is 1.73. The Balaban J connectivity index is 1.91. The number of hydrogen-bond donors (Lipinski definition) is 1. The van der Waals surface area contributed by atoms with Crippen molar-refractivity contribution in [3.8, 4) is 0 Å². The molecule has 2 aromatic carbocycles. The molecule has 1 heterocycles. The van der Waals surface area contributed by atoms with Crippen molar-refractivity contribution in [2.24, 2.45) is 0 Å². The van der Waals surface area contributed by atoms with Gasteiger partial charge in [-0.15, -0.1) is 0 Å². The van der Waals surface area contributed by atoms with Crippen molar-refractivity contribution < 1.29 is 13.2 Å². The molecule has 25 heavy (non-hydrogen) atoms. The fourth-order valence-corrected chi connectivity index (χ4v) is 5.02. The van der Waals surface area contributed by atoms with Crippen molar-refractivity contribution in [3.05, 3.63) is 57.0 Å². The minimum atomic E-state index is -3.57. The number of halogens is 2. The molecule has 1 fully saturated rings. The van der Waals surface area contributed by atoms with Crippen LogP contribution in [-0.2, 0) is 10.0 Å². The molecule has 1 aliphatic rings. The molecule has 3 rings (SSSR count). The lowest BCUT2D eigenvalue weighted by atomic mass is 10.2. The molecule has 2 aromatic rings. The molecule has 0 radical (unpaired) electrons. The van der Waals surface area contributed by atoms with Gasteiger partial charge < -0.3 is 5.32 Å². The van der Waals surface area contributed by atoms with E-state index in [-0.39, 0.29) is 16.4 Å². The standard InChI is InChI=1S/C17H16Br2N2O3S/c18-14-8-7-12(25(23,24)21-9-3-4-10-21)11-13(14)17(22)20-16-6-2-1-5-15(16)19/h1-2,5-8,11H,3-4,9-10H2,(H,20,22). The summed E-state index contributed by atoms with van der Waals surface area (Å²) in [5, 5.41) is 2.79. The average molecular weight is 488 g/mol. The van der Waals surface area contributed by atoms with Crippen molar-refractivity contribution in [1.29, 1.82) is 0 Å². The van der Waals surface area contributed by atoms with E-state index < -0.39 is 10.0 Å². The zero-order chi connectivity index (χ0) is 18.0. The maximum Gasteiger partial charge on any atom is 0.256 e. The topological polar surface area (TPSA) is 66.5 Å². The van der Waals surface area contributed by atoms with Crippen LogP contribution >= 0.6 is 31.9 Å². The average Bonchev–Trinajstić information content (AvgIpc) is 3.12. The number of benzene rings is 2. The van der Waals surface area contributed by atoms with Gasteiger partial charge >= 0.3 is 0 Å². The Morgan fingerprint density at radius 2 is 1.68 bits per heavy atom. The van der Waals surface area contributed by atoms with E-state index in [9.17, 15) is 13.2 Å². The van der Waals surface area contributed by atoms with Crippen molar-refractivity contribution in [1.82, 2.24) is 4.31 Å². The van der Waals surface area contributed by atoms with Gasteiger partial charge in [0, 0.05) is 22.0 Å². The highest BCUT2D eigenvalue weighted by atomic mass is 79.9. The first-order valence-corrected chi connectivity index (χ1v) is 10.8. The van der Waals surface area contributed by atoms with Crippen LogP contribution in [-0.4, -0.2) is 31.7 Å². The van der Waals surface area contributed by atoms with Crippen molar-refractivity contribution in [3.63, 3.8) is 0 Å². The lowest BCUT2D eigenvalue weighted by Crippen LogP contribution is -2.28. The van der Waals surface area contributed by atoms with Crippen LogP contribution in [0.3, 0.4) is 0 Å². The van der Waals surface area contributed by atoms with Crippen LogP contribution in [0.15, 0.2) is 56.3 Å². The quantitative estimate of drug-likeness (QED) is 0.701. The maximum absolute atomic E-state index is 12.7. The Hall–Kier alpha value is -1.22. The third-order valence-corrected chi connectivity index (χ3v) is 7.28. The van der Waals surface area contributed by atoms with E-state index in [0.717, 1.165) is 17.3 Å². The first kappa shape index (κ1) is 18.6. The Labute approximate surface area is 163 Å². The highest BCUT2D eigenvalue weighted by Crippen LogP contribution is 2.27. The van der Waals surface area contributed by atoms with Crippen molar-refractivity contribution in [2.45, 2.75) is 17.7 Å². The van der Waals surface area contributed by atoms with Gasteiger partial charge in [-0.3, -0.25) is 4.79 Å². The molecule has 0 atom stereocenters. The molecular formula is C17H16Br2N2O3S. The van der Waals surface area contributed by atoms with Crippen LogP contribution in [0.1, 0.15) is 23.2 Å². The first-order valence-electron chi connectivity index (χ1n) is 7.75. The number of nitrogens with zero attached hydrogens (tertiary/aromatic N) is 1. The predicted octanol–water partition coefficient (Wildman–Crippen LogP) is 4.25. The molecule has 1 N–H and O–H groups in total. The lowest BCUT2D eigenvalue weighted by molar-refractivity contribution is 0.102. The Morgan fingerprint density at radius 1 is 1.00 bits per heavy atom. The number of amides is 1. The van der Waals surface area contributed by atoms with Crippen LogP contribution in [0.5, 0.6) is 0 Å². The molecule has 0 aromatic heterocycles. The molecule has 0 unspecified atom stereocenters. The van der Waals surface area contributed by atoms with E-state index in [1.54, 1.807) is 12.1 Å². The number of anilines is 1. The van der Waals surface area contributed by atoms with Crippen LogP contribution in [0, 0.1) is 0 Å². The number of carbonyl (C=O) groups excluding carboxylic acids is 1. The third-order valence-electron chi connectivity index (χ3n) is 4.01. The SMILES string of the molecule is O=C(Nc1ccccc1Br)c1cc(S(=O)(=O)N2CCCC2)ccc1Br. The normalized spacial score (nSPS) is 15.3. The Kier molecular flexibility index (Phi) is 5.62. The van der Waals surface area contributed by atoms with E-state index >= 15 is 0 Å². The molecule has 5 nitrogen and oxygen atoms in total. The van der Waals surface area contributed by atoms with E-state index in [4.69, 9.17) is 0 Å². The molecular weight excluding hydrogens is 472 g/mol. The summed E-state index contributed by atoms with van der Waals surface area (Å²) < 4.78 is 28.2. The van der Waals surface area contributed by atoms with E-state index in [1.807, 2.05) is 18.2 Å². The first-order chi connectivity index (χ1) is 11.9. The number of carbonyl (C=O) groups is 1. The second kappa shape index (κ2) is 7.57. The Morgan fingerprint density at radius 3 is 2.36 bits per heavy atom. The fourth-order valence-electron chi connectivity index (χ4n) is 2.67. The van der Waals surface area contributed by atoms with Crippen molar-refractivity contribution in [2.75, 3.05) is 18.4 Å². The van der Waals surface area contributed by atoms with E-state index in [0.29, 0.717) is 23.2 Å². The van der Waals surface area contributed by atoms with Crippen molar-refractivity contribution >= 4 is 53.5 Å². The van der Waals surface area contributed by atoms with Crippen LogP contribution in [0.25, 0.3) is 0 Å². The summed E-state index contributed by atoms with van der Waals surface area (Å²) in [4.78, 5) is 12.8. The van der Waals surface area contributed by atoms with Gasteiger partial charge in [0.1, 0.15) is 0 Å². The predicted molar refractivity (Wildman–Crippen MR) is 104 cm³/mol. The lowest BCUT2D eigenvalue weighted by Gasteiger charge is -2.16. The monoisotopic (exact) mass is 486 g/mol. The number of para-hydroxylation sites is 1. The molecule has 0 bridgehead atoms. The molecule has 1 amide bonds. The highest BCUT2D eigenvalue weighted by Gasteiger charge is 2.28. The minimum Gasteiger partial charge on any atom is -0.321 e. The fraction of sp³-hybridized carbons (Fsp3) is 0.235. The molecule has 0 spiro atoms. The number of rotatable bonds is 4. The summed E-state index contributed by atoms with van der Waals surface area (Å²) in [6, 6.07) is 11.8. The summed E-state index contributed by atoms with van der Waals surface area (Å²) in [5.41, 5.74) is 0.892. The summed E-state index contributed by atoms with van der Waals surface area (Å²) in [5.74, 6) is -0.378. The molecule has 0 aliphatic carbocycles. The van der Waals surface area contributed by atoms with Crippen LogP contribution in [0.2, 0.25) is 0 Å². The van der Waals surface area contributed by atoms with Crippen LogP contribution in [0.4, 0.5) is 5.69 Å². The second-order valence-corrected chi connectivity index (χ2v) is 9.33. The zero-order valence-corrected chi connectivity index (χ0v) is 17.2. The van der Waals surface area contributed by atoms with Gasteiger partial charge in [-0.2, -0.15) is 4.31 Å². The summed E-state index contributed by atoms with van der Waals surface area (Å²) in [6.45, 7) is 1.05. The maximum atomic E-state index is 12.7. The number of nitrogens with one attached hydrogen (secondary N) is 1. The number of sulfonamides is 1. The summed E-state index contributed by atoms with van der Waals surface area (Å²) >= 11 is 6.71. The van der Waals surface area contributed by atoms with E-state index in [2.05, 4.69) is 37.2 Å². The second-order valence-electron chi connectivity index (χ2n) is 5.69. The van der Waals surface area contributed by atoms with Gasteiger partial charge in [0.15, 0.2) is 0 Å². The van der Waals surface area contributed by atoms with Gasteiger partial charge in [0.25, 0.3) is 5.91 Å². The highest BCUT2D eigenvalue weighted by molar-refractivity contribution is 9.11. The number of hydrogen-bond acceptors (Lipinski definition) is 3.